The average molecular weight is 406 g/mol. The van der Waals surface area contributed by atoms with Crippen LogP contribution in [0.3, 0.4) is 0 Å². The maximum atomic E-state index is 12.8. The Hall–Kier alpha value is -1.37. The van der Waals surface area contributed by atoms with E-state index in [0.717, 1.165) is 69.8 Å². The molecule has 0 N–H and O–H groups in total. The quantitative estimate of drug-likeness (QED) is 0.768. The minimum absolute atomic E-state index is 0.283. The molecule has 154 valence electrons. The minimum Gasteiger partial charge on any atom is -0.353 e. The summed E-state index contributed by atoms with van der Waals surface area (Å²) in [7, 11) is 0. The van der Waals surface area contributed by atoms with E-state index in [1.165, 1.54) is 25.7 Å². The van der Waals surface area contributed by atoms with Crippen molar-refractivity contribution in [1.29, 1.82) is 0 Å². The molecular formula is C21H32ClN5O. The summed E-state index contributed by atoms with van der Waals surface area (Å²) in [5.41, 5.74) is 1.08. The largest absolute Gasteiger partial charge is 0.353 e. The second kappa shape index (κ2) is 8.97. The van der Waals surface area contributed by atoms with Gasteiger partial charge in [-0.25, -0.2) is 4.98 Å². The fourth-order valence-electron chi connectivity index (χ4n) is 4.77. The number of carbonyl (C=O) groups excluding carboxylic acids is 1. The number of hydrogen-bond acceptors (Lipinski definition) is 5. The third kappa shape index (κ3) is 4.61. The van der Waals surface area contributed by atoms with Crippen LogP contribution in [0.1, 0.15) is 31.2 Å². The van der Waals surface area contributed by atoms with Crippen molar-refractivity contribution in [2.75, 3.05) is 63.8 Å². The fourth-order valence-corrected chi connectivity index (χ4v) is 5.11. The first-order valence-corrected chi connectivity index (χ1v) is 11.1. The van der Waals surface area contributed by atoms with Crippen molar-refractivity contribution < 1.29 is 4.79 Å². The summed E-state index contributed by atoms with van der Waals surface area (Å²) < 4.78 is 0. The molecule has 1 amide bonds. The van der Waals surface area contributed by atoms with Crippen molar-refractivity contribution in [3.05, 3.63) is 22.8 Å². The number of piperazine rings is 2. The number of carbonyl (C=O) groups is 1. The Morgan fingerprint density at radius 3 is 2.39 bits per heavy atom. The molecule has 1 saturated carbocycles. The molecule has 4 rings (SSSR count). The van der Waals surface area contributed by atoms with Crippen LogP contribution in [-0.2, 0) is 4.79 Å². The first kappa shape index (κ1) is 19.9. The van der Waals surface area contributed by atoms with Crippen LogP contribution in [0.4, 0.5) is 5.82 Å². The number of nitrogens with zero attached hydrogens (tertiary/aromatic N) is 5. The van der Waals surface area contributed by atoms with Crippen molar-refractivity contribution in [3.63, 3.8) is 0 Å². The summed E-state index contributed by atoms with van der Waals surface area (Å²) in [4.78, 5) is 26.4. The summed E-state index contributed by atoms with van der Waals surface area (Å²) in [6, 6.07) is 2.73. The van der Waals surface area contributed by atoms with Crippen LogP contribution < -0.4 is 4.90 Å². The standard InChI is InChI=1S/C21H32ClN5O/c1-17-14-19(22)21(23-15-17)27-8-6-24(7-9-27)16-20(28)26-12-10-25(11-13-26)18-4-2-3-5-18/h14-15,18H,2-13,16H2,1H3. The van der Waals surface area contributed by atoms with Crippen molar-refractivity contribution >= 4 is 23.3 Å². The monoisotopic (exact) mass is 405 g/mol. The third-order valence-electron chi connectivity index (χ3n) is 6.50. The Morgan fingerprint density at radius 1 is 1.07 bits per heavy atom. The molecule has 0 aromatic carbocycles. The summed E-state index contributed by atoms with van der Waals surface area (Å²) in [6.45, 7) is 9.86. The topological polar surface area (TPSA) is 42.9 Å². The van der Waals surface area contributed by atoms with Gasteiger partial charge in [0.05, 0.1) is 11.6 Å². The lowest BCUT2D eigenvalue weighted by molar-refractivity contribution is -0.134. The van der Waals surface area contributed by atoms with Crippen LogP contribution >= 0.6 is 11.6 Å². The predicted molar refractivity (Wildman–Crippen MR) is 113 cm³/mol. The Morgan fingerprint density at radius 2 is 1.75 bits per heavy atom. The highest BCUT2D eigenvalue weighted by atomic mass is 35.5. The third-order valence-corrected chi connectivity index (χ3v) is 6.78. The lowest BCUT2D eigenvalue weighted by atomic mass is 10.2. The van der Waals surface area contributed by atoms with Gasteiger partial charge in [0.15, 0.2) is 0 Å². The van der Waals surface area contributed by atoms with Gasteiger partial charge in [-0.15, -0.1) is 0 Å². The summed E-state index contributed by atoms with van der Waals surface area (Å²) in [5, 5.41) is 0.713. The second-order valence-corrected chi connectivity index (χ2v) is 8.84. The number of rotatable bonds is 4. The molecule has 2 saturated heterocycles. The zero-order chi connectivity index (χ0) is 19.5. The Kier molecular flexibility index (Phi) is 6.38. The molecule has 1 aromatic heterocycles. The van der Waals surface area contributed by atoms with Gasteiger partial charge >= 0.3 is 0 Å². The van der Waals surface area contributed by atoms with Gasteiger partial charge in [-0.1, -0.05) is 24.4 Å². The van der Waals surface area contributed by atoms with Crippen molar-refractivity contribution in [2.24, 2.45) is 0 Å². The van der Waals surface area contributed by atoms with Crippen LogP contribution in [0.25, 0.3) is 0 Å². The molecule has 3 fully saturated rings. The van der Waals surface area contributed by atoms with E-state index in [1.807, 2.05) is 19.2 Å². The smallest absolute Gasteiger partial charge is 0.236 e. The van der Waals surface area contributed by atoms with Crippen LogP contribution in [0.2, 0.25) is 5.02 Å². The van der Waals surface area contributed by atoms with Gasteiger partial charge in [0.1, 0.15) is 5.82 Å². The molecule has 0 atom stereocenters. The van der Waals surface area contributed by atoms with E-state index in [0.29, 0.717) is 11.6 Å². The zero-order valence-corrected chi connectivity index (χ0v) is 17.7. The van der Waals surface area contributed by atoms with Crippen LogP contribution in [0, 0.1) is 6.92 Å². The molecule has 0 spiro atoms. The molecule has 2 aliphatic heterocycles. The Bertz CT molecular complexity index is 677. The van der Waals surface area contributed by atoms with Gasteiger partial charge in [0, 0.05) is 64.6 Å². The SMILES string of the molecule is Cc1cnc(N2CCN(CC(=O)N3CCN(C4CCCC4)CC3)CC2)c(Cl)c1. The van der Waals surface area contributed by atoms with Gasteiger partial charge in [0.25, 0.3) is 0 Å². The maximum Gasteiger partial charge on any atom is 0.236 e. The number of anilines is 1. The molecule has 6 nitrogen and oxygen atoms in total. The minimum atomic E-state index is 0.283. The molecule has 1 aromatic rings. The first-order valence-electron chi connectivity index (χ1n) is 10.7. The van der Waals surface area contributed by atoms with Crippen molar-refractivity contribution in [2.45, 2.75) is 38.6 Å². The number of pyridine rings is 1. The van der Waals surface area contributed by atoms with Crippen LogP contribution in [-0.4, -0.2) is 90.5 Å². The Labute approximate surface area is 173 Å². The normalized spacial score (nSPS) is 22.8. The molecule has 1 aliphatic carbocycles. The summed E-state index contributed by atoms with van der Waals surface area (Å²) in [6.07, 6.45) is 7.30. The average Bonchev–Trinajstić information content (AvgIpc) is 3.24. The number of aryl methyl sites for hydroxylation is 1. The number of amides is 1. The van der Waals surface area contributed by atoms with Gasteiger partial charge in [-0.05, 0) is 31.4 Å². The van der Waals surface area contributed by atoms with Crippen LogP contribution in [0.5, 0.6) is 0 Å². The highest BCUT2D eigenvalue weighted by Crippen LogP contribution is 2.25. The first-order chi connectivity index (χ1) is 13.6. The molecule has 0 bridgehead atoms. The van der Waals surface area contributed by atoms with E-state index < -0.39 is 0 Å². The fraction of sp³-hybridized carbons (Fsp3) is 0.714. The van der Waals surface area contributed by atoms with Crippen LogP contribution in [0.15, 0.2) is 12.3 Å². The maximum absolute atomic E-state index is 12.8. The molecule has 28 heavy (non-hydrogen) atoms. The zero-order valence-electron chi connectivity index (χ0n) is 16.9. The highest BCUT2D eigenvalue weighted by molar-refractivity contribution is 6.33. The van der Waals surface area contributed by atoms with Gasteiger partial charge < -0.3 is 9.80 Å². The summed E-state index contributed by atoms with van der Waals surface area (Å²) >= 11 is 6.36. The predicted octanol–water partition coefficient (Wildman–Crippen LogP) is 2.25. The van der Waals surface area contributed by atoms with E-state index >= 15 is 0 Å². The molecule has 7 heteroatoms. The van der Waals surface area contributed by atoms with E-state index in [1.54, 1.807) is 0 Å². The van der Waals surface area contributed by atoms with E-state index in [9.17, 15) is 4.79 Å². The number of aromatic nitrogens is 1. The lowest BCUT2D eigenvalue weighted by Crippen LogP contribution is -2.55. The molecule has 0 radical (unpaired) electrons. The van der Waals surface area contributed by atoms with E-state index in [2.05, 4.69) is 24.6 Å². The highest BCUT2D eigenvalue weighted by Gasteiger charge is 2.29. The van der Waals surface area contributed by atoms with Crippen molar-refractivity contribution in [1.82, 2.24) is 19.7 Å². The lowest BCUT2D eigenvalue weighted by Gasteiger charge is -2.40. The van der Waals surface area contributed by atoms with Gasteiger partial charge in [-0.3, -0.25) is 14.6 Å². The van der Waals surface area contributed by atoms with E-state index in [4.69, 9.17) is 11.6 Å². The number of halogens is 1. The summed E-state index contributed by atoms with van der Waals surface area (Å²) in [5.74, 6) is 1.15. The molecular weight excluding hydrogens is 374 g/mol. The Balaban J connectivity index is 1.22. The van der Waals surface area contributed by atoms with E-state index in [-0.39, 0.29) is 5.91 Å². The van der Waals surface area contributed by atoms with Crippen molar-refractivity contribution in [3.8, 4) is 0 Å². The molecule has 0 unspecified atom stereocenters. The molecule has 3 heterocycles. The van der Waals surface area contributed by atoms with Gasteiger partial charge in [0.2, 0.25) is 5.91 Å². The number of hydrogen-bond donors (Lipinski definition) is 0. The molecule has 3 aliphatic rings. The second-order valence-electron chi connectivity index (χ2n) is 8.44. The van der Waals surface area contributed by atoms with Gasteiger partial charge in [-0.2, -0.15) is 0 Å².